The zero-order valence-corrected chi connectivity index (χ0v) is 19.4. The van der Waals surface area contributed by atoms with E-state index >= 15 is 0 Å². The van der Waals surface area contributed by atoms with Crippen LogP contribution in [-0.2, 0) is 20.0 Å². The summed E-state index contributed by atoms with van der Waals surface area (Å²) in [6.07, 6.45) is 0.567. The van der Waals surface area contributed by atoms with Crippen molar-refractivity contribution in [3.63, 3.8) is 0 Å². The summed E-state index contributed by atoms with van der Waals surface area (Å²) in [5, 5.41) is 0. The molecule has 0 atom stereocenters. The minimum atomic E-state index is -3.85. The number of hydrogen-bond acceptors (Lipinski definition) is 4. The molecule has 29 heavy (non-hydrogen) atoms. The second-order valence-corrected chi connectivity index (χ2v) is 11.4. The smallest absolute Gasteiger partial charge is 0.262 e. The van der Waals surface area contributed by atoms with Crippen LogP contribution < -0.4 is 9.03 Å². The fraction of sp³-hybridized carbons (Fsp3) is 0.429. The molecule has 0 spiro atoms. The first-order valence-corrected chi connectivity index (χ1v) is 12.7. The van der Waals surface area contributed by atoms with E-state index in [0.717, 1.165) is 33.4 Å². The standard InChI is InChI=1S/C21H28N2O4S2/c1-13-8-9-19(23-10-7-11-28(23,24)25)12-20(13)22-29(26,27)21-17(5)15(3)14(2)16(4)18(21)6/h8-9,12,22H,7,10-11H2,1-6H3. The summed E-state index contributed by atoms with van der Waals surface area (Å²) >= 11 is 0. The first-order valence-electron chi connectivity index (χ1n) is 9.57. The summed E-state index contributed by atoms with van der Waals surface area (Å²) in [6.45, 7) is 11.7. The molecule has 1 saturated heterocycles. The third kappa shape index (κ3) is 3.75. The van der Waals surface area contributed by atoms with Crippen molar-refractivity contribution in [1.29, 1.82) is 0 Å². The molecule has 0 unspecified atom stereocenters. The lowest BCUT2D eigenvalue weighted by Gasteiger charge is -2.21. The van der Waals surface area contributed by atoms with Gasteiger partial charge in [0.25, 0.3) is 10.0 Å². The molecule has 2 aromatic carbocycles. The Morgan fingerprint density at radius 3 is 1.97 bits per heavy atom. The molecule has 0 bridgehead atoms. The largest absolute Gasteiger partial charge is 0.279 e. The highest BCUT2D eigenvalue weighted by molar-refractivity contribution is 7.93. The molecule has 0 aromatic heterocycles. The van der Waals surface area contributed by atoms with Crippen LogP contribution in [0.5, 0.6) is 0 Å². The molecule has 6 nitrogen and oxygen atoms in total. The molecule has 1 N–H and O–H groups in total. The average molecular weight is 437 g/mol. The fourth-order valence-corrected chi connectivity index (χ4v) is 7.15. The van der Waals surface area contributed by atoms with E-state index in [9.17, 15) is 16.8 Å². The lowest BCUT2D eigenvalue weighted by atomic mass is 9.95. The van der Waals surface area contributed by atoms with E-state index < -0.39 is 20.0 Å². The van der Waals surface area contributed by atoms with Gasteiger partial charge < -0.3 is 0 Å². The number of benzene rings is 2. The van der Waals surface area contributed by atoms with Gasteiger partial charge in [-0.1, -0.05) is 6.07 Å². The molecule has 1 heterocycles. The van der Waals surface area contributed by atoms with Crippen molar-refractivity contribution in [2.45, 2.75) is 52.9 Å². The Morgan fingerprint density at radius 1 is 0.897 bits per heavy atom. The zero-order chi connectivity index (χ0) is 21.7. The summed E-state index contributed by atoms with van der Waals surface area (Å²) in [5.74, 6) is 0.113. The van der Waals surface area contributed by atoms with E-state index in [2.05, 4.69) is 4.72 Å². The molecular formula is C21H28N2O4S2. The van der Waals surface area contributed by atoms with Gasteiger partial charge in [0, 0.05) is 6.54 Å². The van der Waals surface area contributed by atoms with Gasteiger partial charge in [0.1, 0.15) is 0 Å². The molecule has 0 radical (unpaired) electrons. The van der Waals surface area contributed by atoms with Gasteiger partial charge in [-0.3, -0.25) is 9.03 Å². The molecule has 1 aliphatic rings. The van der Waals surface area contributed by atoms with E-state index in [4.69, 9.17) is 0 Å². The van der Waals surface area contributed by atoms with Crippen molar-refractivity contribution in [2.75, 3.05) is 21.3 Å². The minimum absolute atomic E-state index is 0.113. The van der Waals surface area contributed by atoms with Crippen LogP contribution >= 0.6 is 0 Å². The van der Waals surface area contributed by atoms with Crippen LogP contribution in [0.4, 0.5) is 11.4 Å². The Labute approximate surface area is 174 Å². The fourth-order valence-electron chi connectivity index (χ4n) is 3.87. The highest BCUT2D eigenvalue weighted by Gasteiger charge is 2.29. The number of nitrogens with one attached hydrogen (secondary N) is 1. The van der Waals surface area contributed by atoms with Crippen LogP contribution in [0.1, 0.15) is 39.8 Å². The van der Waals surface area contributed by atoms with Crippen LogP contribution in [0, 0.1) is 41.5 Å². The van der Waals surface area contributed by atoms with Crippen LogP contribution in [-0.4, -0.2) is 29.1 Å². The number of nitrogens with zero attached hydrogens (tertiary/aromatic N) is 1. The highest BCUT2D eigenvalue weighted by Crippen LogP contribution is 2.33. The van der Waals surface area contributed by atoms with Gasteiger partial charge in [0.05, 0.1) is 22.0 Å². The van der Waals surface area contributed by atoms with Crippen LogP contribution in [0.15, 0.2) is 23.1 Å². The van der Waals surface area contributed by atoms with Gasteiger partial charge in [-0.2, -0.15) is 0 Å². The zero-order valence-electron chi connectivity index (χ0n) is 17.8. The maximum atomic E-state index is 13.3. The molecule has 0 saturated carbocycles. The molecule has 1 fully saturated rings. The predicted molar refractivity (Wildman–Crippen MR) is 118 cm³/mol. The van der Waals surface area contributed by atoms with E-state index in [0.29, 0.717) is 24.3 Å². The van der Waals surface area contributed by atoms with Crippen molar-refractivity contribution in [1.82, 2.24) is 0 Å². The van der Waals surface area contributed by atoms with Gasteiger partial charge in [0.15, 0.2) is 0 Å². The van der Waals surface area contributed by atoms with Crippen LogP contribution in [0.25, 0.3) is 0 Å². The predicted octanol–water partition coefficient (Wildman–Crippen LogP) is 3.88. The summed E-state index contributed by atoms with van der Waals surface area (Å²) in [5.41, 5.74) is 6.07. The van der Waals surface area contributed by atoms with Crippen molar-refractivity contribution >= 4 is 31.4 Å². The number of sulfonamides is 2. The van der Waals surface area contributed by atoms with E-state index in [1.807, 2.05) is 34.6 Å². The monoisotopic (exact) mass is 436 g/mol. The average Bonchev–Trinajstić information content (AvgIpc) is 2.99. The van der Waals surface area contributed by atoms with Gasteiger partial charge in [0.2, 0.25) is 10.0 Å². The Morgan fingerprint density at radius 2 is 1.45 bits per heavy atom. The second kappa shape index (κ2) is 7.32. The van der Waals surface area contributed by atoms with Gasteiger partial charge in [-0.05, 0) is 93.5 Å². The van der Waals surface area contributed by atoms with Crippen LogP contribution in [0.2, 0.25) is 0 Å². The molecule has 3 rings (SSSR count). The SMILES string of the molecule is Cc1ccc(N2CCCS2(=O)=O)cc1NS(=O)(=O)c1c(C)c(C)c(C)c(C)c1C. The second-order valence-electron chi connectivity index (χ2n) is 7.80. The molecule has 8 heteroatoms. The van der Waals surface area contributed by atoms with Crippen LogP contribution in [0.3, 0.4) is 0 Å². The van der Waals surface area contributed by atoms with E-state index in [1.165, 1.54) is 4.31 Å². The van der Waals surface area contributed by atoms with Crippen molar-refractivity contribution in [3.05, 3.63) is 51.6 Å². The lowest BCUT2D eigenvalue weighted by molar-refractivity contribution is 0.598. The van der Waals surface area contributed by atoms with Gasteiger partial charge >= 0.3 is 0 Å². The van der Waals surface area contributed by atoms with Crippen molar-refractivity contribution < 1.29 is 16.8 Å². The first kappa shape index (κ1) is 21.6. The first-order chi connectivity index (χ1) is 13.4. The van der Waals surface area contributed by atoms with Crippen molar-refractivity contribution in [2.24, 2.45) is 0 Å². The summed E-state index contributed by atoms with van der Waals surface area (Å²) in [4.78, 5) is 0.289. The number of anilines is 2. The summed E-state index contributed by atoms with van der Waals surface area (Å²) < 4.78 is 55.2. The highest BCUT2D eigenvalue weighted by atomic mass is 32.2. The molecule has 0 aliphatic carbocycles. The lowest BCUT2D eigenvalue weighted by Crippen LogP contribution is -2.25. The summed E-state index contributed by atoms with van der Waals surface area (Å²) in [7, 11) is -7.18. The Kier molecular flexibility index (Phi) is 5.47. The number of aryl methyl sites for hydroxylation is 1. The molecule has 2 aromatic rings. The number of rotatable bonds is 4. The molecule has 158 valence electrons. The number of hydrogen-bond donors (Lipinski definition) is 1. The Hall–Kier alpha value is -2.06. The topological polar surface area (TPSA) is 83.6 Å². The minimum Gasteiger partial charge on any atom is -0.279 e. The Bertz CT molecular complexity index is 1170. The molecule has 0 amide bonds. The van der Waals surface area contributed by atoms with Crippen molar-refractivity contribution in [3.8, 4) is 0 Å². The van der Waals surface area contributed by atoms with Gasteiger partial charge in [-0.25, -0.2) is 16.8 Å². The van der Waals surface area contributed by atoms with E-state index in [-0.39, 0.29) is 10.6 Å². The maximum Gasteiger partial charge on any atom is 0.262 e. The molecular weight excluding hydrogens is 408 g/mol. The van der Waals surface area contributed by atoms with Gasteiger partial charge in [-0.15, -0.1) is 0 Å². The molecule has 1 aliphatic heterocycles. The van der Waals surface area contributed by atoms with E-state index in [1.54, 1.807) is 25.1 Å². The Balaban J connectivity index is 2.08. The normalized spacial score (nSPS) is 16.3. The maximum absolute atomic E-state index is 13.3. The third-order valence-electron chi connectivity index (χ3n) is 6.05. The quantitative estimate of drug-likeness (QED) is 0.788. The summed E-state index contributed by atoms with van der Waals surface area (Å²) in [6, 6.07) is 5.06. The third-order valence-corrected chi connectivity index (χ3v) is 9.56.